The van der Waals surface area contributed by atoms with Gasteiger partial charge in [0, 0.05) is 0 Å². The van der Waals surface area contributed by atoms with Gasteiger partial charge in [-0.15, -0.1) is 0 Å². The van der Waals surface area contributed by atoms with E-state index in [-0.39, 0.29) is 23.5 Å². The molecule has 0 bridgehead atoms. The Hall–Kier alpha value is -4.96. The standard InChI is InChI=1S/C33H34N4O5S/c1-24-14-19-31(25(2)20-24)37(43(40,41)30-12-8-5-9-13-30)22-32(38)36-34-21-27-15-17-29(18-16-27)42-23-33(39)35-26(3)28-10-6-4-7-11-28/h4-21,26H,22-23H2,1-3H3,(H,35,39)(H,36,38)/b34-21-/t26-/m1/s1. The van der Waals surface area contributed by atoms with Crippen LogP contribution in [0.15, 0.2) is 113 Å². The first-order chi connectivity index (χ1) is 20.6. The Kier molecular flexibility index (Phi) is 10.3. The summed E-state index contributed by atoms with van der Waals surface area (Å²) in [4.78, 5) is 25.2. The lowest BCUT2D eigenvalue weighted by molar-refractivity contribution is -0.123. The zero-order chi connectivity index (χ0) is 30.8. The van der Waals surface area contributed by atoms with E-state index in [1.807, 2.05) is 50.2 Å². The fraction of sp³-hybridized carbons (Fsp3) is 0.182. The van der Waals surface area contributed by atoms with Crippen molar-refractivity contribution in [2.75, 3.05) is 17.5 Å². The van der Waals surface area contributed by atoms with Crippen LogP contribution in [0.1, 0.15) is 35.2 Å². The minimum atomic E-state index is -4.02. The Labute approximate surface area is 252 Å². The van der Waals surface area contributed by atoms with Gasteiger partial charge in [0.05, 0.1) is 22.8 Å². The molecule has 0 spiro atoms. The molecule has 0 saturated heterocycles. The summed E-state index contributed by atoms with van der Waals surface area (Å²) in [7, 11) is -4.02. The summed E-state index contributed by atoms with van der Waals surface area (Å²) in [5.74, 6) is -0.348. The van der Waals surface area contributed by atoms with E-state index in [0.717, 1.165) is 21.0 Å². The third-order valence-corrected chi connectivity index (χ3v) is 8.34. The quantitative estimate of drug-likeness (QED) is 0.178. The molecule has 4 aromatic rings. The summed E-state index contributed by atoms with van der Waals surface area (Å²) in [5.41, 5.74) is 6.19. The molecule has 2 N–H and O–H groups in total. The van der Waals surface area contributed by atoms with Gasteiger partial charge < -0.3 is 10.1 Å². The van der Waals surface area contributed by atoms with Crippen LogP contribution in [0.5, 0.6) is 5.75 Å². The molecule has 0 aliphatic carbocycles. The number of hydrazone groups is 1. The molecule has 9 nitrogen and oxygen atoms in total. The molecule has 4 rings (SSSR count). The van der Waals surface area contributed by atoms with Crippen LogP contribution < -0.4 is 19.8 Å². The highest BCUT2D eigenvalue weighted by atomic mass is 32.2. The van der Waals surface area contributed by atoms with Crippen molar-refractivity contribution in [3.63, 3.8) is 0 Å². The summed E-state index contributed by atoms with van der Waals surface area (Å²) < 4.78 is 33.7. The molecule has 2 amide bonds. The molecular weight excluding hydrogens is 564 g/mol. The van der Waals surface area contributed by atoms with E-state index in [2.05, 4.69) is 15.8 Å². The molecule has 0 aromatic heterocycles. The van der Waals surface area contributed by atoms with Gasteiger partial charge in [-0.2, -0.15) is 5.10 Å². The third-order valence-electron chi connectivity index (χ3n) is 6.57. The third kappa shape index (κ3) is 8.52. The van der Waals surface area contributed by atoms with Crippen molar-refractivity contribution in [1.82, 2.24) is 10.7 Å². The highest BCUT2D eigenvalue weighted by molar-refractivity contribution is 7.92. The van der Waals surface area contributed by atoms with Crippen LogP contribution >= 0.6 is 0 Å². The SMILES string of the molecule is Cc1ccc(N(CC(=O)N/N=C\c2ccc(OCC(=O)N[C@H](C)c3ccccc3)cc2)S(=O)(=O)c2ccccc2)c(C)c1. The molecular formula is C33H34N4O5S. The smallest absolute Gasteiger partial charge is 0.264 e. The molecule has 222 valence electrons. The largest absolute Gasteiger partial charge is 0.484 e. The number of carbonyl (C=O) groups is 2. The van der Waals surface area contributed by atoms with Gasteiger partial charge in [0.2, 0.25) is 0 Å². The molecule has 0 aliphatic rings. The number of anilines is 1. The van der Waals surface area contributed by atoms with Crippen molar-refractivity contribution >= 4 is 33.7 Å². The van der Waals surface area contributed by atoms with E-state index in [4.69, 9.17) is 4.74 Å². The number of hydrogen-bond donors (Lipinski definition) is 2. The highest BCUT2D eigenvalue weighted by Crippen LogP contribution is 2.27. The van der Waals surface area contributed by atoms with Crippen LogP contribution in [0.25, 0.3) is 0 Å². The maximum atomic E-state index is 13.5. The fourth-order valence-corrected chi connectivity index (χ4v) is 5.86. The summed E-state index contributed by atoms with van der Waals surface area (Å²) in [6, 6.07) is 29.7. The van der Waals surface area contributed by atoms with Crippen LogP contribution in [-0.2, 0) is 19.6 Å². The zero-order valence-corrected chi connectivity index (χ0v) is 25.0. The molecule has 0 heterocycles. The number of hydrogen-bond acceptors (Lipinski definition) is 6. The molecule has 0 aliphatic heterocycles. The number of carbonyl (C=O) groups excluding carboxylic acids is 2. The van der Waals surface area contributed by atoms with E-state index in [9.17, 15) is 18.0 Å². The van der Waals surface area contributed by atoms with E-state index in [1.54, 1.807) is 61.5 Å². The minimum Gasteiger partial charge on any atom is -0.484 e. The summed E-state index contributed by atoms with van der Waals surface area (Å²) in [6.45, 7) is 5.03. The van der Waals surface area contributed by atoms with E-state index < -0.39 is 22.5 Å². The Morgan fingerprint density at radius 3 is 2.19 bits per heavy atom. The van der Waals surface area contributed by atoms with E-state index >= 15 is 0 Å². The number of rotatable bonds is 12. The van der Waals surface area contributed by atoms with Crippen LogP contribution in [0.2, 0.25) is 0 Å². The molecule has 0 unspecified atom stereocenters. The van der Waals surface area contributed by atoms with Crippen molar-refractivity contribution in [3.8, 4) is 5.75 Å². The van der Waals surface area contributed by atoms with Crippen molar-refractivity contribution in [1.29, 1.82) is 0 Å². The van der Waals surface area contributed by atoms with Gasteiger partial charge in [0.15, 0.2) is 6.61 Å². The maximum Gasteiger partial charge on any atom is 0.264 e. The van der Waals surface area contributed by atoms with E-state index in [0.29, 0.717) is 17.0 Å². The van der Waals surface area contributed by atoms with Gasteiger partial charge >= 0.3 is 0 Å². The Bertz CT molecular complexity index is 1680. The normalized spacial score (nSPS) is 12.0. The van der Waals surface area contributed by atoms with Gasteiger partial charge in [-0.05, 0) is 79.9 Å². The molecule has 1 atom stereocenters. The number of benzene rings is 4. The van der Waals surface area contributed by atoms with Gasteiger partial charge in [-0.3, -0.25) is 13.9 Å². The summed E-state index contributed by atoms with van der Waals surface area (Å²) in [6.07, 6.45) is 1.43. The summed E-state index contributed by atoms with van der Waals surface area (Å²) in [5, 5.41) is 6.89. The fourth-order valence-electron chi connectivity index (χ4n) is 4.36. The zero-order valence-electron chi connectivity index (χ0n) is 24.2. The Morgan fingerprint density at radius 1 is 0.884 bits per heavy atom. The number of sulfonamides is 1. The number of aryl methyl sites for hydroxylation is 2. The second-order valence-corrected chi connectivity index (χ2v) is 11.8. The van der Waals surface area contributed by atoms with Crippen LogP contribution in [0, 0.1) is 13.8 Å². The molecule has 43 heavy (non-hydrogen) atoms. The van der Waals surface area contributed by atoms with Crippen molar-refractivity contribution in [2.24, 2.45) is 5.10 Å². The predicted molar refractivity (Wildman–Crippen MR) is 168 cm³/mol. The highest BCUT2D eigenvalue weighted by Gasteiger charge is 2.28. The van der Waals surface area contributed by atoms with Crippen LogP contribution in [-0.4, -0.2) is 39.6 Å². The average molecular weight is 599 g/mol. The first kappa shape index (κ1) is 31.0. The van der Waals surface area contributed by atoms with Crippen molar-refractivity contribution < 1.29 is 22.7 Å². The van der Waals surface area contributed by atoms with Crippen molar-refractivity contribution in [2.45, 2.75) is 31.7 Å². The lowest BCUT2D eigenvalue weighted by Gasteiger charge is -2.25. The van der Waals surface area contributed by atoms with Crippen molar-refractivity contribution in [3.05, 3.63) is 125 Å². The van der Waals surface area contributed by atoms with Crippen LogP contribution in [0.4, 0.5) is 5.69 Å². The predicted octanol–water partition coefficient (Wildman–Crippen LogP) is 4.91. The monoisotopic (exact) mass is 598 g/mol. The maximum absolute atomic E-state index is 13.5. The lowest BCUT2D eigenvalue weighted by Crippen LogP contribution is -2.40. The lowest BCUT2D eigenvalue weighted by atomic mass is 10.1. The number of nitrogens with zero attached hydrogens (tertiary/aromatic N) is 2. The number of nitrogens with one attached hydrogen (secondary N) is 2. The first-order valence-electron chi connectivity index (χ1n) is 13.7. The second kappa shape index (κ2) is 14.3. The molecule has 10 heteroatoms. The van der Waals surface area contributed by atoms with Crippen LogP contribution in [0.3, 0.4) is 0 Å². The molecule has 0 radical (unpaired) electrons. The molecule has 0 saturated carbocycles. The summed E-state index contributed by atoms with van der Waals surface area (Å²) >= 11 is 0. The Morgan fingerprint density at radius 2 is 1.53 bits per heavy atom. The van der Waals surface area contributed by atoms with E-state index in [1.165, 1.54) is 18.3 Å². The van der Waals surface area contributed by atoms with Gasteiger partial charge in [-0.1, -0.05) is 66.2 Å². The number of amides is 2. The molecule has 4 aromatic carbocycles. The minimum absolute atomic E-state index is 0.0803. The Balaban J connectivity index is 1.34. The van der Waals surface area contributed by atoms with Gasteiger partial charge in [0.25, 0.3) is 21.8 Å². The average Bonchev–Trinajstić information content (AvgIpc) is 3.00. The second-order valence-electron chi connectivity index (χ2n) is 9.97. The van der Waals surface area contributed by atoms with Gasteiger partial charge in [-0.25, -0.2) is 13.8 Å². The number of ether oxygens (including phenoxy) is 1. The topological polar surface area (TPSA) is 117 Å². The molecule has 0 fully saturated rings. The van der Waals surface area contributed by atoms with Gasteiger partial charge in [0.1, 0.15) is 12.3 Å². The first-order valence-corrected chi connectivity index (χ1v) is 15.1.